The fraction of sp³-hybridized carbons (Fsp3) is 0.143. The van der Waals surface area contributed by atoms with Crippen molar-refractivity contribution in [2.24, 2.45) is 0 Å². The lowest BCUT2D eigenvalue weighted by molar-refractivity contribution is -0.384. The summed E-state index contributed by atoms with van der Waals surface area (Å²) in [6, 6.07) is 10.0. The molecule has 0 spiro atoms. The summed E-state index contributed by atoms with van der Waals surface area (Å²) in [6.45, 7) is 8.98. The minimum absolute atomic E-state index is 0.0747. The van der Waals surface area contributed by atoms with Crippen LogP contribution < -0.4 is 0 Å². The van der Waals surface area contributed by atoms with E-state index < -0.39 is 4.92 Å². The molecule has 0 atom stereocenters. The third kappa shape index (κ3) is 3.33. The number of nitro groups is 1. The Labute approximate surface area is 120 Å². The number of thioether (sulfide) groups is 1. The van der Waals surface area contributed by atoms with E-state index in [1.165, 1.54) is 17.8 Å². The van der Waals surface area contributed by atoms with Gasteiger partial charge in [0.2, 0.25) is 5.69 Å². The summed E-state index contributed by atoms with van der Waals surface area (Å²) in [7, 11) is 0. The minimum atomic E-state index is -0.413. The highest BCUT2D eigenvalue weighted by Gasteiger charge is 2.08. The van der Waals surface area contributed by atoms with Gasteiger partial charge >= 0.3 is 0 Å². The standard InChI is InChI=1S/C14H11N3O2S/c1-10-6-7-13(15-2)14(16-10)20-9-11-4-3-5-12(8-11)17(18)19/h3-8H,9H2,1H3. The maximum atomic E-state index is 10.7. The molecule has 0 radical (unpaired) electrons. The van der Waals surface area contributed by atoms with Gasteiger partial charge in [0.1, 0.15) is 5.03 Å². The maximum Gasteiger partial charge on any atom is 0.269 e. The van der Waals surface area contributed by atoms with Gasteiger partial charge < -0.3 is 0 Å². The number of benzene rings is 1. The molecule has 100 valence electrons. The average Bonchev–Trinajstić information content (AvgIpc) is 2.45. The van der Waals surface area contributed by atoms with Crippen molar-refractivity contribution in [2.45, 2.75) is 17.7 Å². The molecular formula is C14H11N3O2S. The summed E-state index contributed by atoms with van der Waals surface area (Å²) in [6.07, 6.45) is 0. The summed E-state index contributed by atoms with van der Waals surface area (Å²) in [4.78, 5) is 18.1. The van der Waals surface area contributed by atoms with Gasteiger partial charge in [-0.3, -0.25) is 15.1 Å². The van der Waals surface area contributed by atoms with E-state index in [-0.39, 0.29) is 5.69 Å². The molecule has 0 aliphatic carbocycles. The lowest BCUT2D eigenvalue weighted by atomic mass is 10.2. The zero-order chi connectivity index (χ0) is 14.5. The second-order valence-corrected chi connectivity index (χ2v) is 5.07. The largest absolute Gasteiger partial charge is 0.269 e. The third-order valence-electron chi connectivity index (χ3n) is 2.60. The molecule has 0 amide bonds. The first-order chi connectivity index (χ1) is 9.60. The Morgan fingerprint density at radius 2 is 2.20 bits per heavy atom. The van der Waals surface area contributed by atoms with Crippen LogP contribution in [0, 0.1) is 23.6 Å². The molecular weight excluding hydrogens is 274 g/mol. The molecule has 5 nitrogen and oxygen atoms in total. The Kier molecular flexibility index (Phi) is 4.33. The van der Waals surface area contributed by atoms with Crippen molar-refractivity contribution >= 4 is 23.1 Å². The molecule has 0 aliphatic rings. The molecule has 1 aromatic carbocycles. The minimum Gasteiger partial charge on any atom is -0.259 e. The molecule has 0 fully saturated rings. The molecule has 2 aromatic rings. The Hall–Kier alpha value is -2.39. The van der Waals surface area contributed by atoms with Gasteiger partial charge in [-0.1, -0.05) is 24.3 Å². The summed E-state index contributed by atoms with van der Waals surface area (Å²) in [5, 5.41) is 11.4. The summed E-state index contributed by atoms with van der Waals surface area (Å²) >= 11 is 1.41. The number of hydrogen-bond donors (Lipinski definition) is 0. The number of nitrogens with zero attached hydrogens (tertiary/aromatic N) is 3. The van der Waals surface area contributed by atoms with Gasteiger partial charge in [-0.2, -0.15) is 0 Å². The lowest BCUT2D eigenvalue weighted by Crippen LogP contribution is -1.90. The smallest absolute Gasteiger partial charge is 0.259 e. The lowest BCUT2D eigenvalue weighted by Gasteiger charge is -2.04. The molecule has 0 saturated heterocycles. The van der Waals surface area contributed by atoms with E-state index in [4.69, 9.17) is 6.57 Å². The predicted molar refractivity (Wildman–Crippen MR) is 77.9 cm³/mol. The van der Waals surface area contributed by atoms with Crippen molar-refractivity contribution in [1.82, 2.24) is 4.98 Å². The van der Waals surface area contributed by atoms with E-state index in [9.17, 15) is 10.1 Å². The van der Waals surface area contributed by atoms with Crippen molar-refractivity contribution in [3.05, 3.63) is 69.2 Å². The second kappa shape index (κ2) is 6.17. The quantitative estimate of drug-likeness (QED) is 0.366. The first-order valence-corrected chi connectivity index (χ1v) is 6.80. The highest BCUT2D eigenvalue weighted by atomic mass is 32.2. The van der Waals surface area contributed by atoms with Crippen LogP contribution in [0.2, 0.25) is 0 Å². The van der Waals surface area contributed by atoms with Crippen LogP contribution in [0.4, 0.5) is 11.4 Å². The number of non-ortho nitro benzene ring substituents is 1. The van der Waals surface area contributed by atoms with Gasteiger partial charge in [0.25, 0.3) is 5.69 Å². The van der Waals surface area contributed by atoms with Crippen molar-refractivity contribution in [1.29, 1.82) is 0 Å². The highest BCUT2D eigenvalue weighted by molar-refractivity contribution is 7.98. The molecule has 0 unspecified atom stereocenters. The molecule has 0 aliphatic heterocycles. The van der Waals surface area contributed by atoms with E-state index in [1.807, 2.05) is 13.0 Å². The number of rotatable bonds is 4. The average molecular weight is 285 g/mol. The third-order valence-corrected chi connectivity index (χ3v) is 3.65. The van der Waals surface area contributed by atoms with Crippen LogP contribution >= 0.6 is 11.8 Å². The Bertz CT molecular complexity index is 695. The van der Waals surface area contributed by atoms with Crippen LogP contribution in [-0.2, 0) is 5.75 Å². The first kappa shape index (κ1) is 14.0. The first-order valence-electron chi connectivity index (χ1n) is 5.81. The van der Waals surface area contributed by atoms with Gasteiger partial charge in [0, 0.05) is 23.6 Å². The van der Waals surface area contributed by atoms with Gasteiger partial charge in [-0.25, -0.2) is 4.85 Å². The molecule has 0 N–H and O–H groups in total. The van der Waals surface area contributed by atoms with Crippen molar-refractivity contribution in [3.63, 3.8) is 0 Å². The van der Waals surface area contributed by atoms with Crippen LogP contribution in [0.1, 0.15) is 11.3 Å². The maximum absolute atomic E-state index is 10.7. The van der Waals surface area contributed by atoms with Gasteiger partial charge in [-0.05, 0) is 12.5 Å². The van der Waals surface area contributed by atoms with Crippen LogP contribution in [-0.4, -0.2) is 9.91 Å². The van der Waals surface area contributed by atoms with Gasteiger partial charge in [-0.15, -0.1) is 11.8 Å². The monoisotopic (exact) mass is 285 g/mol. The number of hydrogen-bond acceptors (Lipinski definition) is 4. The molecule has 2 rings (SSSR count). The van der Waals surface area contributed by atoms with Crippen molar-refractivity contribution in [2.75, 3.05) is 0 Å². The molecule has 20 heavy (non-hydrogen) atoms. The van der Waals surface area contributed by atoms with Crippen LogP contribution in [0.15, 0.2) is 41.4 Å². The molecule has 1 heterocycles. The van der Waals surface area contributed by atoms with E-state index in [0.717, 1.165) is 11.3 Å². The van der Waals surface area contributed by atoms with Gasteiger partial charge in [0.15, 0.2) is 0 Å². The summed E-state index contributed by atoms with van der Waals surface area (Å²) in [5.41, 5.74) is 2.26. The predicted octanol–water partition coefficient (Wildman–Crippen LogP) is 4.14. The zero-order valence-electron chi connectivity index (χ0n) is 10.7. The van der Waals surface area contributed by atoms with Crippen LogP contribution in [0.5, 0.6) is 0 Å². The van der Waals surface area contributed by atoms with Gasteiger partial charge in [0.05, 0.1) is 11.5 Å². The van der Waals surface area contributed by atoms with Crippen LogP contribution in [0.25, 0.3) is 4.85 Å². The summed E-state index contributed by atoms with van der Waals surface area (Å²) in [5.74, 6) is 0.542. The van der Waals surface area contributed by atoms with E-state index in [1.54, 1.807) is 24.3 Å². The highest BCUT2D eigenvalue weighted by Crippen LogP contribution is 2.31. The fourth-order valence-electron chi connectivity index (χ4n) is 1.63. The number of aryl methyl sites for hydroxylation is 1. The number of aromatic nitrogens is 1. The van der Waals surface area contributed by atoms with E-state index in [2.05, 4.69) is 9.83 Å². The summed E-state index contributed by atoms with van der Waals surface area (Å²) < 4.78 is 0. The Morgan fingerprint density at radius 3 is 2.90 bits per heavy atom. The van der Waals surface area contributed by atoms with Crippen molar-refractivity contribution in [3.8, 4) is 0 Å². The van der Waals surface area contributed by atoms with E-state index in [0.29, 0.717) is 16.5 Å². The topological polar surface area (TPSA) is 60.4 Å². The normalized spacial score (nSPS) is 10.0. The fourth-order valence-corrected chi connectivity index (χ4v) is 2.58. The SMILES string of the molecule is [C-]#[N+]c1ccc(C)nc1SCc1cccc([N+](=O)[O-])c1. The second-order valence-electron chi connectivity index (χ2n) is 4.10. The number of nitro benzene ring substituents is 1. The Morgan fingerprint density at radius 1 is 1.40 bits per heavy atom. The molecule has 6 heteroatoms. The molecule has 1 aromatic heterocycles. The van der Waals surface area contributed by atoms with E-state index >= 15 is 0 Å². The molecule has 0 saturated carbocycles. The zero-order valence-corrected chi connectivity index (χ0v) is 11.6. The molecule has 0 bridgehead atoms. The Balaban J connectivity index is 2.17. The number of pyridine rings is 1. The van der Waals surface area contributed by atoms with Crippen molar-refractivity contribution < 1.29 is 4.92 Å². The van der Waals surface area contributed by atoms with Crippen LogP contribution in [0.3, 0.4) is 0 Å².